The van der Waals surface area contributed by atoms with Gasteiger partial charge in [-0.05, 0) is 49.2 Å². The third-order valence-corrected chi connectivity index (χ3v) is 3.90. The number of aromatic nitrogens is 1. The number of aryl methyl sites for hydroxylation is 2. The maximum absolute atomic E-state index is 6.13. The Morgan fingerprint density at radius 1 is 1.15 bits per heavy atom. The van der Waals surface area contributed by atoms with Crippen LogP contribution in [0.3, 0.4) is 0 Å². The molecule has 0 aliphatic carbocycles. The molecule has 0 unspecified atom stereocenters. The van der Waals surface area contributed by atoms with Crippen LogP contribution in [-0.2, 0) is 6.61 Å². The molecule has 5 heteroatoms. The minimum absolute atomic E-state index is 0.314. The molecule has 2 rings (SSSR count). The van der Waals surface area contributed by atoms with Crippen LogP contribution in [0.15, 0.2) is 24.3 Å². The van der Waals surface area contributed by atoms with Gasteiger partial charge in [0.2, 0.25) is 0 Å². The molecule has 1 heterocycles. The molecule has 106 valence electrons. The molecule has 0 spiro atoms. The first-order chi connectivity index (χ1) is 9.51. The Morgan fingerprint density at radius 3 is 2.40 bits per heavy atom. The van der Waals surface area contributed by atoms with Crippen molar-refractivity contribution < 1.29 is 4.74 Å². The molecule has 1 aromatic carbocycles. The lowest BCUT2D eigenvalue weighted by Gasteiger charge is -2.11. The summed E-state index contributed by atoms with van der Waals surface area (Å²) in [7, 11) is 1.81. The van der Waals surface area contributed by atoms with E-state index in [-0.39, 0.29) is 0 Å². The number of pyridine rings is 1. The average molecular weight is 311 g/mol. The van der Waals surface area contributed by atoms with Gasteiger partial charge in [-0.1, -0.05) is 23.2 Å². The van der Waals surface area contributed by atoms with Crippen LogP contribution in [0.5, 0.6) is 5.75 Å². The lowest BCUT2D eigenvalue weighted by Crippen LogP contribution is -2.02. The monoisotopic (exact) mass is 310 g/mol. The van der Waals surface area contributed by atoms with Gasteiger partial charge in [-0.25, -0.2) is 4.98 Å². The first kappa shape index (κ1) is 14.9. The summed E-state index contributed by atoms with van der Waals surface area (Å²) >= 11 is 12.3. The van der Waals surface area contributed by atoms with Crippen LogP contribution >= 0.6 is 23.2 Å². The number of nitrogens with one attached hydrogen (secondary N) is 1. The Morgan fingerprint density at radius 2 is 1.80 bits per heavy atom. The standard InChI is InChI=1S/C15H16Cl2N2O/c1-9-6-11(7-10(2)15(9)17)20-8-13-12(16)4-5-14(18-3)19-13/h4-7H,8H2,1-3H3,(H,18,19). The van der Waals surface area contributed by atoms with E-state index in [2.05, 4.69) is 10.3 Å². The van der Waals surface area contributed by atoms with Crippen LogP contribution in [0.1, 0.15) is 16.8 Å². The number of halogens is 2. The fraction of sp³-hybridized carbons (Fsp3) is 0.267. The largest absolute Gasteiger partial charge is 0.487 e. The second-order valence-corrected chi connectivity index (χ2v) is 5.32. The molecule has 1 aromatic heterocycles. The molecular formula is C15H16Cl2N2O. The van der Waals surface area contributed by atoms with Crippen LogP contribution < -0.4 is 10.1 Å². The van der Waals surface area contributed by atoms with Gasteiger partial charge in [0.15, 0.2) is 0 Å². The van der Waals surface area contributed by atoms with Gasteiger partial charge in [-0.15, -0.1) is 0 Å². The SMILES string of the molecule is CNc1ccc(Cl)c(COc2cc(C)c(Cl)c(C)c2)n1. The van der Waals surface area contributed by atoms with Gasteiger partial charge in [0.1, 0.15) is 18.2 Å². The number of hydrogen-bond acceptors (Lipinski definition) is 3. The summed E-state index contributed by atoms with van der Waals surface area (Å²) in [5, 5.41) is 4.33. The Balaban J connectivity index is 2.16. The molecular weight excluding hydrogens is 295 g/mol. The van der Waals surface area contributed by atoms with E-state index in [1.54, 1.807) is 6.07 Å². The third kappa shape index (κ3) is 3.35. The van der Waals surface area contributed by atoms with Crippen LogP contribution in [0.2, 0.25) is 10.0 Å². The lowest BCUT2D eigenvalue weighted by molar-refractivity contribution is 0.301. The summed E-state index contributed by atoms with van der Waals surface area (Å²) in [6.45, 7) is 4.22. The van der Waals surface area contributed by atoms with E-state index in [1.165, 1.54) is 0 Å². The maximum Gasteiger partial charge on any atom is 0.132 e. The third-order valence-electron chi connectivity index (χ3n) is 2.96. The van der Waals surface area contributed by atoms with E-state index >= 15 is 0 Å². The zero-order valence-corrected chi connectivity index (χ0v) is 13.1. The number of nitrogens with zero attached hydrogens (tertiary/aromatic N) is 1. The van der Waals surface area contributed by atoms with Crippen LogP contribution in [0, 0.1) is 13.8 Å². The van der Waals surface area contributed by atoms with E-state index in [0.29, 0.717) is 17.3 Å². The minimum Gasteiger partial charge on any atom is -0.487 e. The summed E-state index contributed by atoms with van der Waals surface area (Å²) < 4.78 is 5.76. The lowest BCUT2D eigenvalue weighted by atomic mass is 10.1. The smallest absolute Gasteiger partial charge is 0.132 e. The molecule has 0 atom stereocenters. The number of rotatable bonds is 4. The fourth-order valence-electron chi connectivity index (χ4n) is 1.87. The fourth-order valence-corrected chi connectivity index (χ4v) is 2.13. The number of ether oxygens (including phenoxy) is 1. The van der Waals surface area contributed by atoms with Crippen molar-refractivity contribution in [1.29, 1.82) is 0 Å². The van der Waals surface area contributed by atoms with Gasteiger partial charge in [0.25, 0.3) is 0 Å². The highest BCUT2D eigenvalue weighted by Crippen LogP contribution is 2.27. The van der Waals surface area contributed by atoms with Crippen molar-refractivity contribution >= 4 is 29.0 Å². The second-order valence-electron chi connectivity index (χ2n) is 4.53. The van der Waals surface area contributed by atoms with Crippen molar-refractivity contribution in [2.24, 2.45) is 0 Å². The van der Waals surface area contributed by atoms with Gasteiger partial charge >= 0.3 is 0 Å². The molecule has 0 amide bonds. The van der Waals surface area contributed by atoms with Gasteiger partial charge in [0, 0.05) is 12.1 Å². The topological polar surface area (TPSA) is 34.1 Å². The molecule has 0 radical (unpaired) electrons. The highest BCUT2D eigenvalue weighted by Gasteiger charge is 2.07. The van der Waals surface area contributed by atoms with E-state index in [1.807, 2.05) is 39.1 Å². The van der Waals surface area contributed by atoms with Crippen molar-refractivity contribution in [3.05, 3.63) is 51.1 Å². The van der Waals surface area contributed by atoms with Gasteiger partial charge in [-0.3, -0.25) is 0 Å². The second kappa shape index (κ2) is 6.33. The van der Waals surface area contributed by atoms with E-state index in [4.69, 9.17) is 27.9 Å². The van der Waals surface area contributed by atoms with Crippen molar-refractivity contribution in [2.45, 2.75) is 20.5 Å². The molecule has 0 fully saturated rings. The van der Waals surface area contributed by atoms with Gasteiger partial charge < -0.3 is 10.1 Å². The molecule has 0 saturated heterocycles. The molecule has 0 bridgehead atoms. The van der Waals surface area contributed by atoms with Gasteiger partial charge in [0.05, 0.1) is 10.7 Å². The van der Waals surface area contributed by atoms with E-state index < -0.39 is 0 Å². The van der Waals surface area contributed by atoms with Crippen LogP contribution in [-0.4, -0.2) is 12.0 Å². The molecule has 3 nitrogen and oxygen atoms in total. The van der Waals surface area contributed by atoms with E-state index in [9.17, 15) is 0 Å². The number of hydrogen-bond donors (Lipinski definition) is 1. The summed E-state index contributed by atoms with van der Waals surface area (Å²) in [5.74, 6) is 1.52. The maximum atomic E-state index is 6.13. The molecule has 1 N–H and O–H groups in total. The van der Waals surface area contributed by atoms with E-state index in [0.717, 1.165) is 27.7 Å². The summed E-state index contributed by atoms with van der Waals surface area (Å²) in [6.07, 6.45) is 0. The van der Waals surface area contributed by atoms with Crippen LogP contribution in [0.25, 0.3) is 0 Å². The molecule has 0 aliphatic heterocycles. The highest BCUT2D eigenvalue weighted by atomic mass is 35.5. The minimum atomic E-state index is 0.314. The Hall–Kier alpha value is -1.45. The van der Waals surface area contributed by atoms with Crippen molar-refractivity contribution in [3.63, 3.8) is 0 Å². The number of anilines is 1. The normalized spacial score (nSPS) is 10.4. The van der Waals surface area contributed by atoms with Crippen molar-refractivity contribution in [2.75, 3.05) is 12.4 Å². The van der Waals surface area contributed by atoms with Crippen molar-refractivity contribution in [1.82, 2.24) is 4.98 Å². The Labute approximate surface area is 128 Å². The predicted octanol–water partition coefficient (Wildman–Crippen LogP) is 4.63. The molecule has 20 heavy (non-hydrogen) atoms. The van der Waals surface area contributed by atoms with Crippen LogP contribution in [0.4, 0.5) is 5.82 Å². The Kier molecular flexibility index (Phi) is 4.73. The molecule has 0 saturated carbocycles. The summed E-state index contributed by atoms with van der Waals surface area (Å²) in [6, 6.07) is 7.44. The Bertz CT molecular complexity index is 606. The zero-order valence-electron chi connectivity index (χ0n) is 11.6. The predicted molar refractivity (Wildman–Crippen MR) is 84.1 cm³/mol. The molecule has 2 aromatic rings. The first-order valence-corrected chi connectivity index (χ1v) is 6.99. The zero-order chi connectivity index (χ0) is 14.7. The average Bonchev–Trinajstić information content (AvgIpc) is 2.43. The molecule has 0 aliphatic rings. The van der Waals surface area contributed by atoms with Gasteiger partial charge in [-0.2, -0.15) is 0 Å². The summed E-state index contributed by atoms with van der Waals surface area (Å²) in [4.78, 5) is 4.37. The first-order valence-electron chi connectivity index (χ1n) is 6.24. The van der Waals surface area contributed by atoms with Crippen molar-refractivity contribution in [3.8, 4) is 5.75 Å². The quantitative estimate of drug-likeness (QED) is 0.894. The summed E-state index contributed by atoms with van der Waals surface area (Å²) in [5.41, 5.74) is 2.68. The highest BCUT2D eigenvalue weighted by molar-refractivity contribution is 6.32. The number of benzene rings is 1.